The average Bonchev–Trinajstić information content (AvgIpc) is 3.32. The number of aromatic nitrogens is 1. The fourth-order valence-corrected chi connectivity index (χ4v) is 4.63. The Morgan fingerprint density at radius 3 is 2.12 bits per heavy atom. The van der Waals surface area contributed by atoms with Gasteiger partial charge in [-0.2, -0.15) is 0 Å². The summed E-state index contributed by atoms with van der Waals surface area (Å²) in [5.74, 6) is -0.934. The van der Waals surface area contributed by atoms with Crippen LogP contribution in [0.4, 0.5) is 0 Å². The monoisotopic (exact) mass is 479 g/mol. The molecule has 2 aromatic carbocycles. The van der Waals surface area contributed by atoms with Crippen LogP contribution >= 0.6 is 11.3 Å². The Kier molecular flexibility index (Phi) is 6.10. The molecule has 0 saturated heterocycles. The molecule has 0 aliphatic carbocycles. The van der Waals surface area contributed by atoms with E-state index in [2.05, 4.69) is 0 Å². The van der Waals surface area contributed by atoms with Crippen molar-refractivity contribution in [2.75, 3.05) is 0 Å². The number of hydrogen-bond acceptors (Lipinski definition) is 5. The molecule has 0 spiro atoms. The van der Waals surface area contributed by atoms with E-state index in [1.54, 1.807) is 34.9 Å². The Bertz CT molecular complexity index is 1350. The zero-order valence-corrected chi connectivity index (χ0v) is 20.1. The van der Waals surface area contributed by atoms with Crippen molar-refractivity contribution in [2.24, 2.45) is 0 Å². The first-order chi connectivity index (χ1) is 16.0. The number of benzene rings is 2. The molecule has 7 nitrogen and oxygen atoms in total. The minimum absolute atomic E-state index is 0.0940. The first-order valence-electron chi connectivity index (χ1n) is 10.7. The van der Waals surface area contributed by atoms with Crippen LogP contribution in [-0.4, -0.2) is 38.4 Å². The van der Waals surface area contributed by atoms with Gasteiger partial charge in [-0.25, -0.2) is 9.59 Å². The maximum absolute atomic E-state index is 12.0. The van der Waals surface area contributed by atoms with Crippen molar-refractivity contribution < 1.29 is 29.3 Å². The smallest absolute Gasteiger partial charge is 0.352 e. The molecule has 0 saturated carbocycles. The Hall–Kier alpha value is -3.78. The molecule has 34 heavy (non-hydrogen) atoms. The Morgan fingerprint density at radius 1 is 0.941 bits per heavy atom. The van der Waals surface area contributed by atoms with Crippen molar-refractivity contribution in [1.29, 1.82) is 0 Å². The quantitative estimate of drug-likeness (QED) is 0.318. The number of nitrogens with zero attached hydrogens (tertiary/aromatic N) is 1. The molecule has 8 heteroatoms. The van der Waals surface area contributed by atoms with Gasteiger partial charge < -0.3 is 24.3 Å². The number of carboxylic acids is 2. The van der Waals surface area contributed by atoms with Gasteiger partial charge in [0.05, 0.1) is 16.3 Å². The molecule has 2 N–H and O–H groups in total. The third-order valence-corrected chi connectivity index (χ3v) is 6.32. The molecule has 4 aromatic rings. The number of fused-ring (bicyclic) bond motifs is 1. The van der Waals surface area contributed by atoms with Gasteiger partial charge >= 0.3 is 11.9 Å². The van der Waals surface area contributed by atoms with E-state index >= 15 is 0 Å². The lowest BCUT2D eigenvalue weighted by Crippen LogP contribution is -2.37. The second-order valence-electron chi connectivity index (χ2n) is 8.63. The van der Waals surface area contributed by atoms with Gasteiger partial charge in [0.15, 0.2) is 5.60 Å². The van der Waals surface area contributed by atoms with Crippen LogP contribution < -0.4 is 9.47 Å². The van der Waals surface area contributed by atoms with E-state index in [0.717, 1.165) is 26.4 Å². The zero-order chi connectivity index (χ0) is 24.6. The van der Waals surface area contributed by atoms with Gasteiger partial charge in [-0.1, -0.05) is 0 Å². The maximum Gasteiger partial charge on any atom is 0.352 e. The van der Waals surface area contributed by atoms with Gasteiger partial charge in [-0.3, -0.25) is 0 Å². The largest absolute Gasteiger partial charge is 0.491 e. The van der Waals surface area contributed by atoms with E-state index in [-0.39, 0.29) is 11.8 Å². The Morgan fingerprint density at radius 2 is 1.56 bits per heavy atom. The molecule has 0 bridgehead atoms. The Labute approximate surface area is 200 Å². The summed E-state index contributed by atoms with van der Waals surface area (Å²) in [5.41, 5.74) is 1.19. The van der Waals surface area contributed by atoms with Crippen LogP contribution in [0.3, 0.4) is 0 Å². The van der Waals surface area contributed by atoms with E-state index in [1.807, 2.05) is 44.2 Å². The summed E-state index contributed by atoms with van der Waals surface area (Å²) in [5, 5.41) is 19.1. The molecule has 0 aliphatic rings. The number of thiophene rings is 1. The SMILES string of the molecule is CC(C)Oc1ccc(-c2cc3c(cc(C(=O)O)n3-c3ccc(OC(C)(C)C(=O)O)cc3)s2)cc1. The van der Waals surface area contributed by atoms with Crippen LogP contribution in [0.5, 0.6) is 11.5 Å². The number of hydrogen-bond donors (Lipinski definition) is 2. The van der Waals surface area contributed by atoms with Crippen molar-refractivity contribution in [2.45, 2.75) is 39.4 Å². The highest BCUT2D eigenvalue weighted by Crippen LogP contribution is 2.38. The normalized spacial score (nSPS) is 11.7. The van der Waals surface area contributed by atoms with Crippen LogP contribution in [0.25, 0.3) is 26.3 Å². The molecular weight excluding hydrogens is 454 g/mol. The second-order valence-corrected chi connectivity index (χ2v) is 9.72. The number of carboxylic acid groups (broad SMARTS) is 2. The molecule has 2 heterocycles. The fourth-order valence-electron chi connectivity index (χ4n) is 3.54. The molecule has 176 valence electrons. The van der Waals surface area contributed by atoms with Gasteiger partial charge in [0.2, 0.25) is 0 Å². The highest BCUT2D eigenvalue weighted by molar-refractivity contribution is 7.22. The molecule has 0 unspecified atom stereocenters. The van der Waals surface area contributed by atoms with Crippen LogP contribution in [0.15, 0.2) is 60.7 Å². The number of aliphatic carboxylic acids is 1. The maximum atomic E-state index is 12.0. The summed E-state index contributed by atoms with van der Waals surface area (Å²) >= 11 is 1.52. The lowest BCUT2D eigenvalue weighted by molar-refractivity contribution is -0.152. The van der Waals surface area contributed by atoms with E-state index in [9.17, 15) is 19.8 Å². The number of carbonyl (C=O) groups is 2. The van der Waals surface area contributed by atoms with Gasteiger partial charge in [0.1, 0.15) is 17.2 Å². The van der Waals surface area contributed by atoms with Gasteiger partial charge in [0.25, 0.3) is 0 Å². The molecule has 2 aromatic heterocycles. The van der Waals surface area contributed by atoms with Crippen molar-refractivity contribution in [3.8, 4) is 27.6 Å². The summed E-state index contributed by atoms with van der Waals surface area (Å²) < 4.78 is 13.8. The standard InChI is InChI=1S/C26H25NO6S/c1-15(2)32-18-9-5-16(6-10-18)22-13-20-23(34-22)14-21(24(28)29)27(20)17-7-11-19(12-8-17)33-26(3,4)25(30)31/h5-15H,1-4H3,(H,28,29)(H,30,31). The predicted molar refractivity (Wildman–Crippen MR) is 132 cm³/mol. The number of rotatable bonds is 8. The summed E-state index contributed by atoms with van der Waals surface area (Å²) in [6.07, 6.45) is 0.0940. The molecule has 0 atom stereocenters. The predicted octanol–water partition coefficient (Wildman–Crippen LogP) is 6.09. The lowest BCUT2D eigenvalue weighted by atomic mass is 10.1. The molecule has 0 radical (unpaired) electrons. The molecule has 0 fully saturated rings. The van der Waals surface area contributed by atoms with E-state index in [0.29, 0.717) is 11.4 Å². The summed E-state index contributed by atoms with van der Waals surface area (Å²) in [6, 6.07) is 18.2. The number of aromatic carboxylic acids is 1. The minimum atomic E-state index is -1.38. The molecule has 0 aliphatic heterocycles. The highest BCUT2D eigenvalue weighted by Gasteiger charge is 2.29. The third-order valence-electron chi connectivity index (χ3n) is 5.20. The second kappa shape index (κ2) is 8.87. The first kappa shape index (κ1) is 23.4. The van der Waals surface area contributed by atoms with Crippen molar-refractivity contribution in [1.82, 2.24) is 4.57 Å². The van der Waals surface area contributed by atoms with Crippen LogP contribution in [0.2, 0.25) is 0 Å². The van der Waals surface area contributed by atoms with Crippen molar-refractivity contribution >= 4 is 33.5 Å². The van der Waals surface area contributed by atoms with Gasteiger partial charge in [-0.15, -0.1) is 11.3 Å². The Balaban J connectivity index is 1.70. The number of ether oxygens (including phenoxy) is 2. The molecule has 4 rings (SSSR count). The van der Waals surface area contributed by atoms with E-state index in [1.165, 1.54) is 25.2 Å². The first-order valence-corrected chi connectivity index (χ1v) is 11.6. The van der Waals surface area contributed by atoms with Gasteiger partial charge in [-0.05, 0) is 93.9 Å². The van der Waals surface area contributed by atoms with Crippen molar-refractivity contribution in [3.05, 3.63) is 66.4 Å². The summed E-state index contributed by atoms with van der Waals surface area (Å²) in [6.45, 7) is 6.89. The lowest BCUT2D eigenvalue weighted by Gasteiger charge is -2.21. The van der Waals surface area contributed by atoms with Crippen LogP contribution in [0.1, 0.15) is 38.2 Å². The minimum Gasteiger partial charge on any atom is -0.491 e. The van der Waals surface area contributed by atoms with Gasteiger partial charge in [0, 0.05) is 10.6 Å². The fraction of sp³-hybridized carbons (Fsp3) is 0.231. The third kappa shape index (κ3) is 4.63. The topological polar surface area (TPSA) is 98.0 Å². The van der Waals surface area contributed by atoms with E-state index in [4.69, 9.17) is 9.47 Å². The zero-order valence-electron chi connectivity index (χ0n) is 19.2. The van der Waals surface area contributed by atoms with Crippen LogP contribution in [-0.2, 0) is 4.79 Å². The van der Waals surface area contributed by atoms with Crippen molar-refractivity contribution in [3.63, 3.8) is 0 Å². The molecule has 0 amide bonds. The summed E-state index contributed by atoms with van der Waals surface area (Å²) in [4.78, 5) is 24.3. The van der Waals surface area contributed by atoms with E-state index < -0.39 is 17.5 Å². The highest BCUT2D eigenvalue weighted by atomic mass is 32.1. The average molecular weight is 480 g/mol. The molecular formula is C26H25NO6S. The summed E-state index contributed by atoms with van der Waals surface area (Å²) in [7, 11) is 0. The van der Waals surface area contributed by atoms with Crippen LogP contribution in [0, 0.1) is 0 Å².